The van der Waals surface area contributed by atoms with Crippen LogP contribution in [-0.2, 0) is 4.79 Å². The zero-order chi connectivity index (χ0) is 7.98. The Kier molecular flexibility index (Phi) is 4.82. The molecule has 1 atom stereocenters. The molecule has 6 N–H and O–H groups in total. The smallest absolute Gasteiger partial charge is 0.260 e. The van der Waals surface area contributed by atoms with Crippen molar-refractivity contribution in [2.24, 2.45) is 11.5 Å². The molecule has 0 rings (SSSR count). The Balaban J connectivity index is 3.41. The van der Waals surface area contributed by atoms with Gasteiger partial charge in [0.25, 0.3) is 5.91 Å². The second kappa shape index (κ2) is 5.16. The monoisotopic (exact) mass is 147 g/mol. The van der Waals surface area contributed by atoms with Gasteiger partial charge in [0.1, 0.15) is 0 Å². The number of nitrogens with one attached hydrogen (secondary N) is 1. The molecule has 0 aromatic carbocycles. The number of carbonyl (C=O) groups excluding carboxylic acids is 1. The first kappa shape index (κ1) is 9.35. The van der Waals surface area contributed by atoms with Gasteiger partial charge >= 0.3 is 0 Å². The van der Waals surface area contributed by atoms with Gasteiger partial charge in [-0.3, -0.25) is 10.0 Å². The normalized spacial score (nSPS) is 12.7. The minimum atomic E-state index is -0.645. The highest BCUT2D eigenvalue weighted by molar-refractivity contribution is 5.80. The van der Waals surface area contributed by atoms with E-state index in [9.17, 15) is 4.79 Å². The maximum atomic E-state index is 10.5. The average Bonchev–Trinajstić information content (AvgIpc) is 1.98. The van der Waals surface area contributed by atoms with Gasteiger partial charge in [-0.05, 0) is 19.4 Å². The lowest BCUT2D eigenvalue weighted by Gasteiger charge is -2.06. The summed E-state index contributed by atoms with van der Waals surface area (Å²) in [5, 5.41) is 8.09. The van der Waals surface area contributed by atoms with Crippen molar-refractivity contribution >= 4 is 5.91 Å². The summed E-state index contributed by atoms with van der Waals surface area (Å²) in [6.45, 7) is 0.506. The Labute approximate surface area is 59.3 Å². The van der Waals surface area contributed by atoms with E-state index in [1.54, 1.807) is 0 Å². The number of hydrogen-bond acceptors (Lipinski definition) is 4. The molecular formula is C5H13N3O2. The summed E-state index contributed by atoms with van der Waals surface area (Å²) in [5.74, 6) is -0.562. The van der Waals surface area contributed by atoms with Crippen LogP contribution < -0.4 is 16.9 Å². The minimum Gasteiger partial charge on any atom is -0.330 e. The first-order valence-corrected chi connectivity index (χ1v) is 3.12. The van der Waals surface area contributed by atoms with Crippen molar-refractivity contribution in [3.8, 4) is 0 Å². The average molecular weight is 147 g/mol. The van der Waals surface area contributed by atoms with Crippen LogP contribution in [0, 0.1) is 0 Å². The predicted octanol–water partition coefficient (Wildman–Crippen LogP) is -1.44. The van der Waals surface area contributed by atoms with Gasteiger partial charge < -0.3 is 11.5 Å². The van der Waals surface area contributed by atoms with Crippen LogP contribution in [0.15, 0.2) is 0 Å². The molecule has 5 heteroatoms. The lowest BCUT2D eigenvalue weighted by Crippen LogP contribution is -2.39. The topological polar surface area (TPSA) is 101 Å². The summed E-state index contributed by atoms with van der Waals surface area (Å²) in [6.07, 6.45) is 1.19. The fourth-order valence-corrected chi connectivity index (χ4v) is 0.552. The molecule has 60 valence electrons. The van der Waals surface area contributed by atoms with Crippen molar-refractivity contribution in [3.63, 3.8) is 0 Å². The van der Waals surface area contributed by atoms with Crippen LogP contribution in [0.4, 0.5) is 0 Å². The van der Waals surface area contributed by atoms with Crippen LogP contribution in [0.25, 0.3) is 0 Å². The van der Waals surface area contributed by atoms with Crippen LogP contribution >= 0.6 is 0 Å². The molecular weight excluding hydrogens is 134 g/mol. The number of hydroxylamine groups is 1. The van der Waals surface area contributed by atoms with E-state index in [4.69, 9.17) is 16.7 Å². The van der Waals surface area contributed by atoms with Crippen molar-refractivity contribution in [1.82, 2.24) is 5.48 Å². The highest BCUT2D eigenvalue weighted by Gasteiger charge is 2.10. The number of rotatable bonds is 4. The highest BCUT2D eigenvalue weighted by Crippen LogP contribution is 1.91. The van der Waals surface area contributed by atoms with E-state index in [-0.39, 0.29) is 0 Å². The molecule has 0 aliphatic rings. The Bertz CT molecular complexity index is 107. The molecule has 0 aliphatic heterocycles. The van der Waals surface area contributed by atoms with Crippen LogP contribution in [0.3, 0.4) is 0 Å². The third-order valence-electron chi connectivity index (χ3n) is 1.17. The Morgan fingerprint density at radius 3 is 2.70 bits per heavy atom. The zero-order valence-corrected chi connectivity index (χ0v) is 5.71. The second-order valence-corrected chi connectivity index (χ2v) is 2.01. The van der Waals surface area contributed by atoms with Gasteiger partial charge in [-0.25, -0.2) is 5.48 Å². The SMILES string of the molecule is NCCC[C@H](N)C(=O)NO. The summed E-state index contributed by atoms with van der Waals surface area (Å²) in [4.78, 5) is 10.5. The van der Waals surface area contributed by atoms with Crippen molar-refractivity contribution in [1.29, 1.82) is 0 Å². The zero-order valence-electron chi connectivity index (χ0n) is 5.71. The molecule has 5 nitrogen and oxygen atoms in total. The maximum Gasteiger partial charge on any atom is 0.260 e. The van der Waals surface area contributed by atoms with Gasteiger partial charge in [-0.1, -0.05) is 0 Å². The molecule has 0 saturated carbocycles. The lowest BCUT2D eigenvalue weighted by molar-refractivity contribution is -0.130. The molecule has 0 fully saturated rings. The van der Waals surface area contributed by atoms with E-state index in [0.29, 0.717) is 19.4 Å². The van der Waals surface area contributed by atoms with Gasteiger partial charge in [-0.15, -0.1) is 0 Å². The van der Waals surface area contributed by atoms with Crippen LogP contribution in [0.5, 0.6) is 0 Å². The molecule has 0 heterocycles. The molecule has 0 unspecified atom stereocenters. The molecule has 10 heavy (non-hydrogen) atoms. The molecule has 1 amide bonds. The number of amides is 1. The molecule has 0 bridgehead atoms. The van der Waals surface area contributed by atoms with Crippen molar-refractivity contribution in [2.75, 3.05) is 6.54 Å². The summed E-state index contributed by atoms with van der Waals surface area (Å²) in [5.41, 5.74) is 11.9. The van der Waals surface area contributed by atoms with E-state index in [1.807, 2.05) is 0 Å². The standard InChI is InChI=1S/C5H13N3O2/c6-3-1-2-4(7)5(9)8-10/h4,10H,1-3,6-7H2,(H,8,9)/t4-/m0/s1. The summed E-state index contributed by atoms with van der Waals surface area (Å²) in [7, 11) is 0. The molecule has 0 saturated heterocycles. The molecule has 0 radical (unpaired) electrons. The molecule has 0 aliphatic carbocycles. The number of nitrogens with two attached hydrogens (primary N) is 2. The largest absolute Gasteiger partial charge is 0.330 e. The molecule has 0 aromatic heterocycles. The van der Waals surface area contributed by atoms with Gasteiger partial charge in [0.05, 0.1) is 6.04 Å². The Morgan fingerprint density at radius 2 is 2.30 bits per heavy atom. The quantitative estimate of drug-likeness (QED) is 0.289. The van der Waals surface area contributed by atoms with Crippen molar-refractivity contribution in [3.05, 3.63) is 0 Å². The maximum absolute atomic E-state index is 10.5. The van der Waals surface area contributed by atoms with Gasteiger partial charge in [0.15, 0.2) is 0 Å². The van der Waals surface area contributed by atoms with Crippen molar-refractivity contribution < 1.29 is 10.0 Å². The van der Waals surface area contributed by atoms with Crippen molar-refractivity contribution in [2.45, 2.75) is 18.9 Å². The fraction of sp³-hybridized carbons (Fsp3) is 0.800. The summed E-state index contributed by atoms with van der Waals surface area (Å²) >= 11 is 0. The Morgan fingerprint density at radius 1 is 1.70 bits per heavy atom. The first-order chi connectivity index (χ1) is 4.72. The van der Waals surface area contributed by atoms with Crippen LogP contribution in [-0.4, -0.2) is 23.7 Å². The third kappa shape index (κ3) is 3.39. The summed E-state index contributed by atoms with van der Waals surface area (Å²) in [6, 6.07) is -0.645. The number of carbonyl (C=O) groups is 1. The molecule has 0 spiro atoms. The lowest BCUT2D eigenvalue weighted by atomic mass is 10.1. The van der Waals surface area contributed by atoms with E-state index in [1.165, 1.54) is 5.48 Å². The van der Waals surface area contributed by atoms with Gasteiger partial charge in [0.2, 0.25) is 0 Å². The van der Waals surface area contributed by atoms with Gasteiger partial charge in [-0.2, -0.15) is 0 Å². The number of hydrogen-bond donors (Lipinski definition) is 4. The van der Waals surface area contributed by atoms with Crippen LogP contribution in [0.2, 0.25) is 0 Å². The summed E-state index contributed by atoms with van der Waals surface area (Å²) < 4.78 is 0. The predicted molar refractivity (Wildman–Crippen MR) is 36.2 cm³/mol. The van der Waals surface area contributed by atoms with E-state index >= 15 is 0 Å². The van der Waals surface area contributed by atoms with E-state index in [2.05, 4.69) is 0 Å². The fourth-order valence-electron chi connectivity index (χ4n) is 0.552. The van der Waals surface area contributed by atoms with E-state index in [0.717, 1.165) is 0 Å². The minimum absolute atomic E-state index is 0.503. The highest BCUT2D eigenvalue weighted by atomic mass is 16.5. The second-order valence-electron chi connectivity index (χ2n) is 2.01. The molecule has 0 aromatic rings. The first-order valence-electron chi connectivity index (χ1n) is 3.12. The van der Waals surface area contributed by atoms with Gasteiger partial charge in [0, 0.05) is 0 Å². The third-order valence-corrected chi connectivity index (χ3v) is 1.17. The Hall–Kier alpha value is -0.650. The van der Waals surface area contributed by atoms with E-state index < -0.39 is 11.9 Å². The van der Waals surface area contributed by atoms with Crippen LogP contribution in [0.1, 0.15) is 12.8 Å².